The minimum Gasteiger partial charge on any atom is -0.460 e. The van der Waals surface area contributed by atoms with Crippen molar-refractivity contribution in [1.29, 1.82) is 0 Å². The standard InChI is InChI=1S/C20H39ClO4/c1-20(2,3)25-19(22)13-7-12-18-24-17-11-6-10-16-23-15-9-5-4-8-14-21/h4-18H2,1-3H3. The Morgan fingerprint density at radius 3 is 1.64 bits per heavy atom. The van der Waals surface area contributed by atoms with Gasteiger partial charge >= 0.3 is 5.97 Å². The maximum Gasteiger partial charge on any atom is 0.306 e. The van der Waals surface area contributed by atoms with Crippen LogP contribution in [0.5, 0.6) is 0 Å². The predicted octanol–water partition coefficient (Wildman–Crippen LogP) is 5.50. The van der Waals surface area contributed by atoms with Crippen molar-refractivity contribution in [2.75, 3.05) is 32.3 Å². The van der Waals surface area contributed by atoms with E-state index in [0.717, 1.165) is 77.3 Å². The summed E-state index contributed by atoms with van der Waals surface area (Å²) in [5.41, 5.74) is -0.387. The van der Waals surface area contributed by atoms with E-state index in [1.165, 1.54) is 12.8 Å². The molecule has 0 spiro atoms. The van der Waals surface area contributed by atoms with Gasteiger partial charge < -0.3 is 14.2 Å². The van der Waals surface area contributed by atoms with Crippen molar-refractivity contribution in [3.63, 3.8) is 0 Å². The fraction of sp³-hybridized carbons (Fsp3) is 0.950. The molecule has 0 rings (SSSR count). The largest absolute Gasteiger partial charge is 0.460 e. The third kappa shape index (κ3) is 21.6. The van der Waals surface area contributed by atoms with E-state index < -0.39 is 0 Å². The van der Waals surface area contributed by atoms with Gasteiger partial charge in [0.1, 0.15) is 5.60 Å². The van der Waals surface area contributed by atoms with Gasteiger partial charge in [0, 0.05) is 38.7 Å². The van der Waals surface area contributed by atoms with Gasteiger partial charge in [-0.2, -0.15) is 0 Å². The first-order valence-electron chi connectivity index (χ1n) is 9.89. The van der Waals surface area contributed by atoms with Crippen molar-refractivity contribution in [2.24, 2.45) is 0 Å². The smallest absolute Gasteiger partial charge is 0.306 e. The summed E-state index contributed by atoms with van der Waals surface area (Å²) in [6, 6.07) is 0. The molecule has 0 heterocycles. The third-order valence-corrected chi connectivity index (χ3v) is 3.86. The Labute approximate surface area is 159 Å². The predicted molar refractivity (Wildman–Crippen MR) is 104 cm³/mol. The Bertz CT molecular complexity index is 303. The molecule has 5 heteroatoms. The number of halogens is 1. The highest BCUT2D eigenvalue weighted by atomic mass is 35.5. The number of alkyl halides is 1. The number of esters is 1. The van der Waals surface area contributed by atoms with Gasteiger partial charge in [-0.25, -0.2) is 0 Å². The minimum atomic E-state index is -0.387. The van der Waals surface area contributed by atoms with Crippen molar-refractivity contribution in [3.8, 4) is 0 Å². The number of unbranched alkanes of at least 4 members (excludes halogenated alkanes) is 6. The molecular formula is C20H39ClO4. The van der Waals surface area contributed by atoms with Crippen LogP contribution in [-0.2, 0) is 19.0 Å². The van der Waals surface area contributed by atoms with Crippen LogP contribution < -0.4 is 0 Å². The molecule has 0 aromatic heterocycles. The molecule has 0 aromatic rings. The number of carbonyl (C=O) groups is 1. The molecule has 0 amide bonds. The summed E-state index contributed by atoms with van der Waals surface area (Å²) in [6.45, 7) is 8.92. The first kappa shape index (κ1) is 24.7. The lowest BCUT2D eigenvalue weighted by atomic mass is 10.2. The zero-order valence-corrected chi connectivity index (χ0v) is 17.4. The van der Waals surface area contributed by atoms with E-state index in [1.54, 1.807) is 0 Å². The van der Waals surface area contributed by atoms with Crippen molar-refractivity contribution in [3.05, 3.63) is 0 Å². The summed E-state index contributed by atoms with van der Waals surface area (Å²) in [7, 11) is 0. The van der Waals surface area contributed by atoms with E-state index in [0.29, 0.717) is 6.42 Å². The second-order valence-corrected chi connectivity index (χ2v) is 7.81. The average Bonchev–Trinajstić information content (AvgIpc) is 2.53. The Morgan fingerprint density at radius 1 is 0.720 bits per heavy atom. The Balaban J connectivity index is 3.13. The molecule has 150 valence electrons. The van der Waals surface area contributed by atoms with Gasteiger partial charge in [0.25, 0.3) is 0 Å². The summed E-state index contributed by atoms with van der Waals surface area (Å²) >= 11 is 5.63. The maximum atomic E-state index is 11.5. The molecule has 0 saturated heterocycles. The normalized spacial score (nSPS) is 11.7. The lowest BCUT2D eigenvalue weighted by Gasteiger charge is -2.19. The van der Waals surface area contributed by atoms with E-state index in [4.69, 9.17) is 25.8 Å². The van der Waals surface area contributed by atoms with Crippen LogP contribution in [0, 0.1) is 0 Å². The third-order valence-electron chi connectivity index (χ3n) is 3.59. The number of rotatable bonds is 17. The van der Waals surface area contributed by atoms with Crippen molar-refractivity contribution in [2.45, 2.75) is 90.6 Å². The minimum absolute atomic E-state index is 0.119. The lowest BCUT2D eigenvalue weighted by Crippen LogP contribution is -2.23. The molecule has 0 aliphatic carbocycles. The zero-order chi connectivity index (χ0) is 18.8. The summed E-state index contributed by atoms with van der Waals surface area (Å²) < 4.78 is 16.5. The highest BCUT2D eigenvalue weighted by Crippen LogP contribution is 2.10. The van der Waals surface area contributed by atoms with Gasteiger partial charge in [0.2, 0.25) is 0 Å². The van der Waals surface area contributed by atoms with E-state index in [-0.39, 0.29) is 11.6 Å². The van der Waals surface area contributed by atoms with E-state index >= 15 is 0 Å². The highest BCUT2D eigenvalue weighted by Gasteiger charge is 2.15. The van der Waals surface area contributed by atoms with Crippen LogP contribution in [-0.4, -0.2) is 43.9 Å². The van der Waals surface area contributed by atoms with Gasteiger partial charge in [-0.1, -0.05) is 12.8 Å². The quantitative estimate of drug-likeness (QED) is 0.190. The van der Waals surface area contributed by atoms with Gasteiger partial charge in [0.15, 0.2) is 0 Å². The molecule has 0 atom stereocenters. The summed E-state index contributed by atoms with van der Waals surface area (Å²) in [6.07, 6.45) is 10.2. The Morgan fingerprint density at radius 2 is 1.16 bits per heavy atom. The van der Waals surface area contributed by atoms with Gasteiger partial charge in [-0.15, -0.1) is 11.6 Å². The zero-order valence-electron chi connectivity index (χ0n) is 16.6. The molecule has 0 aliphatic heterocycles. The molecule has 0 fully saturated rings. The molecule has 0 saturated carbocycles. The molecule has 25 heavy (non-hydrogen) atoms. The van der Waals surface area contributed by atoms with Crippen molar-refractivity contribution in [1.82, 2.24) is 0 Å². The molecule has 0 unspecified atom stereocenters. The van der Waals surface area contributed by atoms with E-state index in [9.17, 15) is 4.79 Å². The highest BCUT2D eigenvalue weighted by molar-refractivity contribution is 6.17. The number of hydrogen-bond acceptors (Lipinski definition) is 4. The molecule has 0 radical (unpaired) electrons. The SMILES string of the molecule is CC(C)(C)OC(=O)CCCCOCCCCCOCCCCCCCl. The first-order valence-corrected chi connectivity index (χ1v) is 10.4. The summed E-state index contributed by atoms with van der Waals surface area (Å²) in [5.74, 6) is 0.652. The molecule has 0 aromatic carbocycles. The second-order valence-electron chi connectivity index (χ2n) is 7.43. The van der Waals surface area contributed by atoms with Crippen LogP contribution >= 0.6 is 11.6 Å². The van der Waals surface area contributed by atoms with Crippen molar-refractivity contribution < 1.29 is 19.0 Å². The molecule has 4 nitrogen and oxygen atoms in total. The molecule has 0 N–H and O–H groups in total. The summed E-state index contributed by atoms with van der Waals surface area (Å²) in [4.78, 5) is 11.5. The van der Waals surface area contributed by atoms with Crippen LogP contribution in [0.3, 0.4) is 0 Å². The van der Waals surface area contributed by atoms with Crippen LogP contribution in [0.1, 0.15) is 85.0 Å². The van der Waals surface area contributed by atoms with Crippen LogP contribution in [0.25, 0.3) is 0 Å². The number of hydrogen-bond donors (Lipinski definition) is 0. The fourth-order valence-electron chi connectivity index (χ4n) is 2.31. The monoisotopic (exact) mass is 378 g/mol. The Hall–Kier alpha value is -0.320. The average molecular weight is 379 g/mol. The van der Waals surface area contributed by atoms with Crippen LogP contribution in [0.4, 0.5) is 0 Å². The fourth-order valence-corrected chi connectivity index (χ4v) is 2.50. The summed E-state index contributed by atoms with van der Waals surface area (Å²) in [5, 5.41) is 0. The Kier molecular flexibility index (Phi) is 16.9. The molecule has 0 bridgehead atoms. The van der Waals surface area contributed by atoms with Gasteiger partial charge in [0.05, 0.1) is 0 Å². The van der Waals surface area contributed by atoms with Crippen LogP contribution in [0.15, 0.2) is 0 Å². The van der Waals surface area contributed by atoms with Crippen LogP contribution in [0.2, 0.25) is 0 Å². The van der Waals surface area contributed by atoms with Crippen molar-refractivity contribution >= 4 is 17.6 Å². The van der Waals surface area contributed by atoms with Gasteiger partial charge in [-0.3, -0.25) is 4.79 Å². The van der Waals surface area contributed by atoms with E-state index in [1.807, 2.05) is 20.8 Å². The van der Waals surface area contributed by atoms with E-state index in [2.05, 4.69) is 0 Å². The maximum absolute atomic E-state index is 11.5. The molecular weight excluding hydrogens is 340 g/mol. The topological polar surface area (TPSA) is 44.8 Å². The first-order chi connectivity index (χ1) is 12.0. The molecule has 0 aliphatic rings. The lowest BCUT2D eigenvalue weighted by molar-refractivity contribution is -0.154. The van der Waals surface area contributed by atoms with Gasteiger partial charge in [-0.05, 0) is 65.7 Å². The second kappa shape index (κ2) is 17.1. The number of ether oxygens (including phenoxy) is 3. The number of carbonyl (C=O) groups excluding carboxylic acids is 1.